The summed E-state index contributed by atoms with van der Waals surface area (Å²) in [4.78, 5) is 39.5. The number of nitrogens with two attached hydrogens (primary N) is 1. The molecule has 2 heterocycles. The van der Waals surface area contributed by atoms with Gasteiger partial charge in [-0.3, -0.25) is 14.4 Å². The Labute approximate surface area is 141 Å². The molecule has 2 fully saturated rings. The summed E-state index contributed by atoms with van der Waals surface area (Å²) in [6.07, 6.45) is 2.27. The van der Waals surface area contributed by atoms with Crippen molar-refractivity contribution in [2.24, 2.45) is 17.6 Å². The standard InChI is InChI=1S/C18H23N3O3/c19-16(22)10-13-6-8-20(9-7-13)18(24)14-11-17(23)21(12-14)15-4-2-1-3-5-15/h1-5,13-14H,6-12H2,(H2,19,22)/t14-/m1/s1. The molecule has 2 N–H and O–H groups in total. The second kappa shape index (κ2) is 7.03. The number of carbonyl (C=O) groups is 3. The molecule has 1 atom stereocenters. The Kier molecular flexibility index (Phi) is 4.83. The normalized spacial score (nSPS) is 22.0. The minimum Gasteiger partial charge on any atom is -0.370 e. The van der Waals surface area contributed by atoms with Crippen molar-refractivity contribution in [3.63, 3.8) is 0 Å². The van der Waals surface area contributed by atoms with Gasteiger partial charge in [-0.2, -0.15) is 0 Å². The summed E-state index contributed by atoms with van der Waals surface area (Å²) in [7, 11) is 0. The number of amides is 3. The lowest BCUT2D eigenvalue weighted by Gasteiger charge is -2.33. The van der Waals surface area contributed by atoms with E-state index in [1.165, 1.54) is 0 Å². The van der Waals surface area contributed by atoms with Gasteiger partial charge in [-0.05, 0) is 30.9 Å². The summed E-state index contributed by atoms with van der Waals surface area (Å²) >= 11 is 0. The molecule has 0 aromatic heterocycles. The highest BCUT2D eigenvalue weighted by Crippen LogP contribution is 2.28. The maximum absolute atomic E-state index is 12.7. The molecule has 24 heavy (non-hydrogen) atoms. The van der Waals surface area contributed by atoms with Gasteiger partial charge in [0, 0.05) is 38.2 Å². The van der Waals surface area contributed by atoms with E-state index in [2.05, 4.69) is 0 Å². The number of nitrogens with zero attached hydrogens (tertiary/aromatic N) is 2. The van der Waals surface area contributed by atoms with E-state index in [0.29, 0.717) is 26.1 Å². The van der Waals surface area contributed by atoms with Crippen LogP contribution < -0.4 is 10.6 Å². The van der Waals surface area contributed by atoms with Gasteiger partial charge in [0.25, 0.3) is 0 Å². The minimum absolute atomic E-state index is 0.00293. The largest absolute Gasteiger partial charge is 0.370 e. The number of hydrogen-bond donors (Lipinski definition) is 1. The van der Waals surface area contributed by atoms with Crippen LogP contribution in [0, 0.1) is 11.8 Å². The van der Waals surface area contributed by atoms with Gasteiger partial charge in [0.15, 0.2) is 0 Å². The van der Waals surface area contributed by atoms with Crippen LogP contribution in [0.5, 0.6) is 0 Å². The first-order chi connectivity index (χ1) is 11.5. The van der Waals surface area contributed by atoms with Crippen LogP contribution in [-0.4, -0.2) is 42.3 Å². The average molecular weight is 329 g/mol. The molecule has 3 amide bonds. The highest BCUT2D eigenvalue weighted by molar-refractivity contribution is 6.00. The number of likely N-dealkylation sites (tertiary alicyclic amines) is 1. The van der Waals surface area contributed by atoms with E-state index in [1.54, 1.807) is 4.90 Å². The van der Waals surface area contributed by atoms with Gasteiger partial charge in [-0.25, -0.2) is 0 Å². The number of carbonyl (C=O) groups excluding carboxylic acids is 3. The second-order valence-corrected chi connectivity index (χ2v) is 6.68. The van der Waals surface area contributed by atoms with Crippen molar-refractivity contribution in [2.75, 3.05) is 24.5 Å². The van der Waals surface area contributed by atoms with Gasteiger partial charge in [-0.15, -0.1) is 0 Å². The molecule has 0 aliphatic carbocycles. The van der Waals surface area contributed by atoms with E-state index in [0.717, 1.165) is 18.5 Å². The molecule has 0 bridgehead atoms. The highest BCUT2D eigenvalue weighted by Gasteiger charge is 2.38. The zero-order chi connectivity index (χ0) is 17.1. The third-order valence-electron chi connectivity index (χ3n) is 4.96. The fourth-order valence-electron chi connectivity index (χ4n) is 3.63. The fourth-order valence-corrected chi connectivity index (χ4v) is 3.63. The molecular formula is C18H23N3O3. The lowest BCUT2D eigenvalue weighted by molar-refractivity contribution is -0.137. The Morgan fingerprint density at radius 2 is 1.79 bits per heavy atom. The Morgan fingerprint density at radius 1 is 1.12 bits per heavy atom. The topological polar surface area (TPSA) is 83.7 Å². The molecule has 3 rings (SSSR count). The molecule has 0 saturated carbocycles. The zero-order valence-electron chi connectivity index (χ0n) is 13.7. The summed E-state index contributed by atoms with van der Waals surface area (Å²) in [6.45, 7) is 1.74. The summed E-state index contributed by atoms with van der Waals surface area (Å²) in [5, 5.41) is 0. The predicted molar refractivity (Wildman–Crippen MR) is 90.0 cm³/mol. The van der Waals surface area contributed by atoms with Crippen molar-refractivity contribution in [1.82, 2.24) is 4.90 Å². The summed E-state index contributed by atoms with van der Waals surface area (Å²) in [5.74, 6) is -0.217. The van der Waals surface area contributed by atoms with Gasteiger partial charge in [-0.1, -0.05) is 18.2 Å². The first-order valence-corrected chi connectivity index (χ1v) is 8.47. The molecule has 1 aromatic carbocycles. The average Bonchev–Trinajstić information content (AvgIpc) is 2.97. The molecular weight excluding hydrogens is 306 g/mol. The number of primary amides is 1. The van der Waals surface area contributed by atoms with Crippen LogP contribution in [0.1, 0.15) is 25.7 Å². The van der Waals surface area contributed by atoms with E-state index < -0.39 is 0 Å². The van der Waals surface area contributed by atoms with Gasteiger partial charge in [0.1, 0.15) is 0 Å². The molecule has 0 unspecified atom stereocenters. The lowest BCUT2D eigenvalue weighted by atomic mass is 9.92. The third-order valence-corrected chi connectivity index (χ3v) is 4.96. The van der Waals surface area contributed by atoms with Crippen LogP contribution >= 0.6 is 0 Å². The molecule has 2 aliphatic rings. The maximum atomic E-state index is 12.7. The smallest absolute Gasteiger partial charge is 0.228 e. The van der Waals surface area contributed by atoms with Crippen LogP contribution in [-0.2, 0) is 14.4 Å². The quantitative estimate of drug-likeness (QED) is 0.899. The Morgan fingerprint density at radius 3 is 2.42 bits per heavy atom. The van der Waals surface area contributed by atoms with E-state index in [-0.39, 0.29) is 36.0 Å². The van der Waals surface area contributed by atoms with E-state index >= 15 is 0 Å². The van der Waals surface area contributed by atoms with E-state index in [1.807, 2.05) is 35.2 Å². The van der Waals surface area contributed by atoms with Crippen molar-refractivity contribution in [2.45, 2.75) is 25.7 Å². The van der Waals surface area contributed by atoms with Crippen molar-refractivity contribution < 1.29 is 14.4 Å². The molecule has 2 saturated heterocycles. The van der Waals surface area contributed by atoms with Gasteiger partial charge in [0.2, 0.25) is 17.7 Å². The van der Waals surface area contributed by atoms with Crippen LogP contribution in [0.3, 0.4) is 0 Å². The molecule has 128 valence electrons. The first-order valence-electron chi connectivity index (χ1n) is 8.47. The molecule has 0 radical (unpaired) electrons. The van der Waals surface area contributed by atoms with Crippen molar-refractivity contribution in [3.05, 3.63) is 30.3 Å². The minimum atomic E-state index is -0.278. The molecule has 2 aliphatic heterocycles. The summed E-state index contributed by atoms with van der Waals surface area (Å²) in [5.41, 5.74) is 6.09. The number of benzene rings is 1. The van der Waals surface area contributed by atoms with Gasteiger partial charge < -0.3 is 15.5 Å². The summed E-state index contributed by atoms with van der Waals surface area (Å²) < 4.78 is 0. The number of hydrogen-bond acceptors (Lipinski definition) is 3. The monoisotopic (exact) mass is 329 g/mol. The second-order valence-electron chi connectivity index (χ2n) is 6.68. The Balaban J connectivity index is 1.57. The van der Waals surface area contributed by atoms with Gasteiger partial charge in [0.05, 0.1) is 5.92 Å². The maximum Gasteiger partial charge on any atom is 0.228 e. The van der Waals surface area contributed by atoms with Crippen molar-refractivity contribution in [3.8, 4) is 0 Å². The van der Waals surface area contributed by atoms with Crippen LogP contribution in [0.25, 0.3) is 0 Å². The van der Waals surface area contributed by atoms with Crippen molar-refractivity contribution in [1.29, 1.82) is 0 Å². The number of piperidine rings is 1. The Bertz CT molecular complexity index is 624. The summed E-state index contributed by atoms with van der Waals surface area (Å²) in [6, 6.07) is 9.46. The lowest BCUT2D eigenvalue weighted by Crippen LogP contribution is -2.43. The first kappa shape index (κ1) is 16.5. The molecule has 6 nitrogen and oxygen atoms in total. The van der Waals surface area contributed by atoms with E-state index in [4.69, 9.17) is 5.73 Å². The van der Waals surface area contributed by atoms with Gasteiger partial charge >= 0.3 is 0 Å². The number of para-hydroxylation sites is 1. The van der Waals surface area contributed by atoms with Crippen molar-refractivity contribution >= 4 is 23.4 Å². The Hall–Kier alpha value is -2.37. The number of rotatable bonds is 4. The van der Waals surface area contributed by atoms with E-state index in [9.17, 15) is 14.4 Å². The zero-order valence-corrected chi connectivity index (χ0v) is 13.7. The van der Waals surface area contributed by atoms with Crippen LogP contribution in [0.2, 0.25) is 0 Å². The fraction of sp³-hybridized carbons (Fsp3) is 0.500. The van der Waals surface area contributed by atoms with Crippen LogP contribution in [0.4, 0.5) is 5.69 Å². The SMILES string of the molecule is NC(=O)CC1CCN(C(=O)[C@@H]2CC(=O)N(c3ccccc3)C2)CC1. The number of anilines is 1. The molecule has 0 spiro atoms. The highest BCUT2D eigenvalue weighted by atomic mass is 16.2. The van der Waals surface area contributed by atoms with Crippen LogP contribution in [0.15, 0.2) is 30.3 Å². The third kappa shape index (κ3) is 3.58. The molecule has 6 heteroatoms. The predicted octanol–water partition coefficient (Wildman–Crippen LogP) is 1.15. The molecule has 1 aromatic rings.